The maximum absolute atomic E-state index is 2.16. The number of benzene rings is 1. The van der Waals surface area contributed by atoms with E-state index in [4.69, 9.17) is 0 Å². The van der Waals surface area contributed by atoms with E-state index in [-0.39, 0.29) is 37.2 Å². The fraction of sp³-hybridized carbons (Fsp3) is 0.333. The molecule has 78 valence electrons. The highest BCUT2D eigenvalue weighted by Crippen LogP contribution is 2.14. The molecule has 0 amide bonds. The standard InChI is InChI=1S/C9H14N.3ClH/c1-10(2,3)9-7-5-4-6-8-9;;;/h4-8H,1-3H3;3*1H/q+1;;;. The highest BCUT2D eigenvalue weighted by molar-refractivity contribution is 5.86. The molecule has 0 saturated heterocycles. The van der Waals surface area contributed by atoms with Gasteiger partial charge in [-0.3, -0.25) is 4.48 Å². The van der Waals surface area contributed by atoms with E-state index in [2.05, 4.69) is 45.4 Å². The van der Waals surface area contributed by atoms with Gasteiger partial charge < -0.3 is 0 Å². The summed E-state index contributed by atoms with van der Waals surface area (Å²) in [7, 11) is 6.49. The maximum Gasteiger partial charge on any atom is 0.132 e. The van der Waals surface area contributed by atoms with Gasteiger partial charge in [0.25, 0.3) is 0 Å². The van der Waals surface area contributed by atoms with E-state index in [0.29, 0.717) is 0 Å². The van der Waals surface area contributed by atoms with Crippen molar-refractivity contribution in [3.05, 3.63) is 30.3 Å². The number of halogens is 3. The second-order valence-corrected chi connectivity index (χ2v) is 3.35. The van der Waals surface area contributed by atoms with Gasteiger partial charge in [0.05, 0.1) is 21.1 Å². The average molecular weight is 246 g/mol. The monoisotopic (exact) mass is 244 g/mol. The summed E-state index contributed by atoms with van der Waals surface area (Å²) >= 11 is 0. The Morgan fingerprint density at radius 3 is 1.38 bits per heavy atom. The van der Waals surface area contributed by atoms with Crippen molar-refractivity contribution < 1.29 is 0 Å². The van der Waals surface area contributed by atoms with Gasteiger partial charge >= 0.3 is 0 Å². The van der Waals surface area contributed by atoms with Crippen LogP contribution in [0.5, 0.6) is 0 Å². The summed E-state index contributed by atoms with van der Waals surface area (Å²) in [6, 6.07) is 10.5. The van der Waals surface area contributed by atoms with Gasteiger partial charge in [0.2, 0.25) is 0 Å². The normalized spacial score (nSPS) is 8.85. The summed E-state index contributed by atoms with van der Waals surface area (Å²) in [6.45, 7) is 0. The highest BCUT2D eigenvalue weighted by atomic mass is 35.5. The first-order valence-corrected chi connectivity index (χ1v) is 3.48. The zero-order valence-electron chi connectivity index (χ0n) is 8.06. The minimum absolute atomic E-state index is 0. The molecule has 4 heteroatoms. The molecule has 1 aromatic rings. The summed E-state index contributed by atoms with van der Waals surface area (Å²) in [4.78, 5) is 0. The number of hydrogen-bond acceptors (Lipinski definition) is 0. The zero-order chi connectivity index (χ0) is 7.61. The first-order chi connectivity index (χ1) is 4.61. The fourth-order valence-electron chi connectivity index (χ4n) is 0.875. The number of para-hydroxylation sites is 1. The molecule has 0 aliphatic rings. The van der Waals surface area contributed by atoms with Crippen LogP contribution in [0.4, 0.5) is 5.69 Å². The predicted molar refractivity (Wildman–Crippen MR) is 67.8 cm³/mol. The van der Waals surface area contributed by atoms with Gasteiger partial charge in [-0.05, 0) is 12.1 Å². The van der Waals surface area contributed by atoms with Crippen LogP contribution in [0.2, 0.25) is 0 Å². The Kier molecular flexibility index (Phi) is 10.8. The Bertz CT molecular complexity index is 206. The molecule has 0 radical (unpaired) electrons. The summed E-state index contributed by atoms with van der Waals surface area (Å²) in [5.74, 6) is 0. The van der Waals surface area contributed by atoms with Crippen LogP contribution in [0.1, 0.15) is 0 Å². The molecule has 0 unspecified atom stereocenters. The highest BCUT2D eigenvalue weighted by Gasteiger charge is 2.08. The first-order valence-electron chi connectivity index (χ1n) is 3.48. The van der Waals surface area contributed by atoms with Crippen molar-refractivity contribution in [2.45, 2.75) is 0 Å². The predicted octanol–water partition coefficient (Wildman–Crippen LogP) is 3.15. The molecule has 0 aliphatic carbocycles. The van der Waals surface area contributed by atoms with Crippen molar-refractivity contribution in [2.75, 3.05) is 21.1 Å². The topological polar surface area (TPSA) is 0 Å². The molecule has 0 fully saturated rings. The quantitative estimate of drug-likeness (QED) is 0.667. The zero-order valence-corrected chi connectivity index (χ0v) is 10.5. The molecule has 0 aliphatic heterocycles. The SMILES string of the molecule is C[N+](C)(C)c1ccccc1.Cl.Cl.Cl. The van der Waals surface area contributed by atoms with Gasteiger partial charge in [-0.15, -0.1) is 37.2 Å². The second-order valence-electron chi connectivity index (χ2n) is 3.35. The Morgan fingerprint density at radius 1 is 0.769 bits per heavy atom. The summed E-state index contributed by atoms with van der Waals surface area (Å²) in [6.07, 6.45) is 0. The van der Waals surface area contributed by atoms with Crippen molar-refractivity contribution in [1.29, 1.82) is 0 Å². The maximum atomic E-state index is 2.16. The Hall–Kier alpha value is 0.0500. The van der Waals surface area contributed by atoms with Gasteiger partial charge in [-0.2, -0.15) is 0 Å². The summed E-state index contributed by atoms with van der Waals surface area (Å²) < 4.78 is 0.890. The van der Waals surface area contributed by atoms with Crippen LogP contribution in [0.15, 0.2) is 30.3 Å². The smallest absolute Gasteiger partial charge is 0.132 e. The van der Waals surface area contributed by atoms with Crippen molar-refractivity contribution in [3.8, 4) is 0 Å². The largest absolute Gasteiger partial charge is 0.298 e. The summed E-state index contributed by atoms with van der Waals surface area (Å²) in [5, 5.41) is 0. The first kappa shape index (κ1) is 18.8. The van der Waals surface area contributed by atoms with Gasteiger partial charge in [-0.25, -0.2) is 0 Å². The molecule has 1 aromatic carbocycles. The van der Waals surface area contributed by atoms with Crippen LogP contribution in [-0.2, 0) is 0 Å². The van der Waals surface area contributed by atoms with Crippen LogP contribution >= 0.6 is 37.2 Å². The molecule has 13 heavy (non-hydrogen) atoms. The molecule has 0 aromatic heterocycles. The van der Waals surface area contributed by atoms with E-state index in [1.165, 1.54) is 5.69 Å². The molecule has 0 bridgehead atoms. The molecule has 0 saturated carbocycles. The van der Waals surface area contributed by atoms with Crippen LogP contribution in [0.3, 0.4) is 0 Å². The van der Waals surface area contributed by atoms with Gasteiger partial charge in [0.15, 0.2) is 0 Å². The third-order valence-electron chi connectivity index (χ3n) is 1.53. The van der Waals surface area contributed by atoms with Crippen molar-refractivity contribution in [1.82, 2.24) is 4.48 Å². The van der Waals surface area contributed by atoms with Crippen LogP contribution in [-0.4, -0.2) is 21.1 Å². The second kappa shape index (κ2) is 7.45. The van der Waals surface area contributed by atoms with Crippen LogP contribution in [0, 0.1) is 0 Å². The van der Waals surface area contributed by atoms with Crippen molar-refractivity contribution in [3.63, 3.8) is 0 Å². The number of rotatable bonds is 1. The van der Waals surface area contributed by atoms with Gasteiger partial charge in [-0.1, -0.05) is 18.2 Å². The number of quaternary nitrogens is 1. The lowest BCUT2D eigenvalue weighted by molar-refractivity contribution is 0.486. The fourth-order valence-corrected chi connectivity index (χ4v) is 0.875. The number of nitrogens with zero attached hydrogens (tertiary/aromatic N) is 1. The van der Waals surface area contributed by atoms with Gasteiger partial charge in [0.1, 0.15) is 5.69 Å². The van der Waals surface area contributed by atoms with E-state index in [9.17, 15) is 0 Å². The average Bonchev–Trinajstić information content (AvgIpc) is 1.88. The molecular formula is C9H17Cl3N+. The van der Waals surface area contributed by atoms with Crippen LogP contribution in [0.25, 0.3) is 0 Å². The Labute approximate surface area is 99.0 Å². The number of hydrogen-bond donors (Lipinski definition) is 0. The Morgan fingerprint density at radius 2 is 1.15 bits per heavy atom. The third-order valence-corrected chi connectivity index (χ3v) is 1.53. The molecule has 0 atom stereocenters. The molecule has 0 spiro atoms. The molecule has 0 N–H and O–H groups in total. The third kappa shape index (κ3) is 6.17. The minimum atomic E-state index is 0. The van der Waals surface area contributed by atoms with Crippen molar-refractivity contribution in [2.24, 2.45) is 0 Å². The van der Waals surface area contributed by atoms with E-state index in [0.717, 1.165) is 4.48 Å². The van der Waals surface area contributed by atoms with E-state index >= 15 is 0 Å². The molecule has 0 heterocycles. The lowest BCUT2D eigenvalue weighted by Crippen LogP contribution is -2.34. The molecule has 1 nitrogen and oxygen atoms in total. The Balaban J connectivity index is -0.000000333. The minimum Gasteiger partial charge on any atom is -0.298 e. The van der Waals surface area contributed by atoms with Crippen LogP contribution < -0.4 is 4.48 Å². The molecule has 1 rings (SSSR count). The molecular weight excluding hydrogens is 228 g/mol. The van der Waals surface area contributed by atoms with E-state index < -0.39 is 0 Å². The van der Waals surface area contributed by atoms with Gasteiger partial charge in [0, 0.05) is 0 Å². The van der Waals surface area contributed by atoms with E-state index in [1.807, 2.05) is 6.07 Å². The van der Waals surface area contributed by atoms with E-state index in [1.54, 1.807) is 0 Å². The lowest BCUT2D eigenvalue weighted by atomic mass is 10.3. The summed E-state index contributed by atoms with van der Waals surface area (Å²) in [5.41, 5.74) is 1.34. The lowest BCUT2D eigenvalue weighted by Gasteiger charge is -2.22. The van der Waals surface area contributed by atoms with Crippen molar-refractivity contribution >= 4 is 42.9 Å².